The lowest BCUT2D eigenvalue weighted by Crippen LogP contribution is -2.31. The van der Waals surface area contributed by atoms with E-state index in [4.69, 9.17) is 0 Å². The third-order valence-corrected chi connectivity index (χ3v) is 4.07. The molecule has 0 amide bonds. The second-order valence-corrected chi connectivity index (χ2v) is 4.86. The molecule has 0 aromatic rings. The van der Waals surface area contributed by atoms with Crippen LogP contribution in [0.3, 0.4) is 0 Å². The molecule has 0 saturated heterocycles. The van der Waals surface area contributed by atoms with Gasteiger partial charge < -0.3 is 5.11 Å². The van der Waals surface area contributed by atoms with Crippen LogP contribution >= 0.6 is 0 Å². The van der Waals surface area contributed by atoms with Crippen LogP contribution in [0.1, 0.15) is 39.5 Å². The van der Waals surface area contributed by atoms with E-state index in [0.717, 1.165) is 12.3 Å². The van der Waals surface area contributed by atoms with Gasteiger partial charge in [-0.3, -0.25) is 0 Å². The van der Waals surface area contributed by atoms with Gasteiger partial charge in [0.15, 0.2) is 0 Å². The Labute approximate surface area is 68.8 Å². The normalized spacial score (nSPS) is 47.7. The maximum Gasteiger partial charge on any atom is 0.0576 e. The molecule has 0 aliphatic heterocycles. The van der Waals surface area contributed by atoms with Crippen LogP contribution in [0.5, 0.6) is 0 Å². The van der Waals surface area contributed by atoms with Crippen LogP contribution in [-0.4, -0.2) is 11.2 Å². The molecule has 11 heavy (non-hydrogen) atoms. The molecular formula is C10H18O. The van der Waals surface area contributed by atoms with E-state index < -0.39 is 0 Å². The number of fused-ring (bicyclic) bond motifs is 2. The van der Waals surface area contributed by atoms with E-state index in [1.54, 1.807) is 0 Å². The van der Waals surface area contributed by atoms with Gasteiger partial charge in [0, 0.05) is 0 Å². The fraction of sp³-hybridized carbons (Fsp3) is 1.00. The Bertz CT molecular complexity index is 162. The third kappa shape index (κ3) is 0.936. The monoisotopic (exact) mass is 154 g/mol. The molecule has 0 aromatic carbocycles. The molecule has 0 spiro atoms. The minimum atomic E-state index is 0.0116. The molecule has 2 rings (SSSR count). The standard InChI is InChI=1S/C10H18O/c1-10(2)7-4-3-5-8(10)9(11)6-7/h7-9,11H,3-6H2,1-2H3. The minimum Gasteiger partial charge on any atom is -0.393 e. The van der Waals surface area contributed by atoms with Crippen LogP contribution < -0.4 is 0 Å². The average molecular weight is 154 g/mol. The lowest BCUT2D eigenvalue weighted by atomic mass is 9.68. The van der Waals surface area contributed by atoms with Crippen molar-refractivity contribution in [2.75, 3.05) is 0 Å². The van der Waals surface area contributed by atoms with Gasteiger partial charge in [0.2, 0.25) is 0 Å². The highest BCUT2D eigenvalue weighted by molar-refractivity contribution is 4.99. The van der Waals surface area contributed by atoms with Gasteiger partial charge in [0.1, 0.15) is 0 Å². The Kier molecular flexibility index (Phi) is 1.54. The summed E-state index contributed by atoms with van der Waals surface area (Å²) < 4.78 is 0. The summed E-state index contributed by atoms with van der Waals surface area (Å²) in [7, 11) is 0. The zero-order valence-electron chi connectivity index (χ0n) is 7.51. The fourth-order valence-corrected chi connectivity index (χ4v) is 3.20. The summed E-state index contributed by atoms with van der Waals surface area (Å²) in [5, 5.41) is 9.73. The lowest BCUT2D eigenvalue weighted by molar-refractivity contribution is 0.0630. The van der Waals surface area contributed by atoms with Crippen LogP contribution in [-0.2, 0) is 0 Å². The van der Waals surface area contributed by atoms with Gasteiger partial charge in [-0.2, -0.15) is 0 Å². The molecule has 3 unspecified atom stereocenters. The maximum absolute atomic E-state index is 9.73. The summed E-state index contributed by atoms with van der Waals surface area (Å²) in [4.78, 5) is 0. The largest absolute Gasteiger partial charge is 0.393 e. The molecule has 0 aromatic heterocycles. The van der Waals surface area contributed by atoms with Gasteiger partial charge >= 0.3 is 0 Å². The van der Waals surface area contributed by atoms with Crippen molar-refractivity contribution in [2.45, 2.75) is 45.6 Å². The van der Waals surface area contributed by atoms with E-state index in [1.165, 1.54) is 19.3 Å². The molecule has 1 heteroatoms. The lowest BCUT2D eigenvalue weighted by Gasteiger charge is -2.37. The van der Waals surface area contributed by atoms with E-state index in [2.05, 4.69) is 13.8 Å². The number of rotatable bonds is 0. The smallest absolute Gasteiger partial charge is 0.0576 e. The molecule has 2 bridgehead atoms. The Morgan fingerprint density at radius 2 is 2.00 bits per heavy atom. The molecular weight excluding hydrogens is 136 g/mol. The van der Waals surface area contributed by atoms with Crippen molar-refractivity contribution in [2.24, 2.45) is 17.3 Å². The first-order valence-electron chi connectivity index (χ1n) is 4.80. The molecule has 2 saturated carbocycles. The number of hydrogen-bond acceptors (Lipinski definition) is 1. The van der Waals surface area contributed by atoms with Crippen LogP contribution in [0.15, 0.2) is 0 Å². The average Bonchev–Trinajstić information content (AvgIpc) is 2.15. The van der Waals surface area contributed by atoms with Gasteiger partial charge in [-0.25, -0.2) is 0 Å². The highest BCUT2D eigenvalue weighted by atomic mass is 16.3. The highest BCUT2D eigenvalue weighted by Gasteiger charge is 2.49. The molecule has 0 heterocycles. The fourth-order valence-electron chi connectivity index (χ4n) is 3.20. The van der Waals surface area contributed by atoms with Crippen molar-refractivity contribution >= 4 is 0 Å². The molecule has 64 valence electrons. The summed E-state index contributed by atoms with van der Waals surface area (Å²) in [6.45, 7) is 4.66. The summed E-state index contributed by atoms with van der Waals surface area (Å²) >= 11 is 0. The van der Waals surface area contributed by atoms with Crippen molar-refractivity contribution < 1.29 is 5.11 Å². The minimum absolute atomic E-state index is 0.0116. The van der Waals surface area contributed by atoms with E-state index in [0.29, 0.717) is 11.3 Å². The first kappa shape index (κ1) is 7.60. The summed E-state index contributed by atoms with van der Waals surface area (Å²) in [5.41, 5.74) is 0.428. The molecule has 2 aliphatic rings. The van der Waals surface area contributed by atoms with Crippen molar-refractivity contribution in [1.82, 2.24) is 0 Å². The maximum atomic E-state index is 9.73. The van der Waals surface area contributed by atoms with Crippen LogP contribution in [0.4, 0.5) is 0 Å². The number of hydrogen-bond donors (Lipinski definition) is 1. The van der Waals surface area contributed by atoms with Crippen LogP contribution in [0, 0.1) is 17.3 Å². The number of aliphatic hydroxyl groups excluding tert-OH is 1. The topological polar surface area (TPSA) is 20.2 Å². The third-order valence-electron chi connectivity index (χ3n) is 4.07. The molecule has 2 aliphatic carbocycles. The Morgan fingerprint density at radius 3 is 2.55 bits per heavy atom. The zero-order valence-corrected chi connectivity index (χ0v) is 7.51. The van der Waals surface area contributed by atoms with Crippen LogP contribution in [0.25, 0.3) is 0 Å². The van der Waals surface area contributed by atoms with E-state index in [9.17, 15) is 5.11 Å². The van der Waals surface area contributed by atoms with Gasteiger partial charge in [0.25, 0.3) is 0 Å². The van der Waals surface area contributed by atoms with Gasteiger partial charge in [-0.05, 0) is 36.5 Å². The summed E-state index contributed by atoms with van der Waals surface area (Å²) in [6.07, 6.45) is 5.02. The van der Waals surface area contributed by atoms with Gasteiger partial charge in [0.05, 0.1) is 6.10 Å². The van der Waals surface area contributed by atoms with Crippen LogP contribution in [0.2, 0.25) is 0 Å². The Morgan fingerprint density at radius 1 is 1.27 bits per heavy atom. The predicted octanol–water partition coefficient (Wildman–Crippen LogP) is 2.19. The van der Waals surface area contributed by atoms with Gasteiger partial charge in [-0.1, -0.05) is 20.3 Å². The zero-order chi connectivity index (χ0) is 8.06. The summed E-state index contributed by atoms with van der Waals surface area (Å²) in [6, 6.07) is 0. The Hall–Kier alpha value is -0.0400. The molecule has 0 radical (unpaired) electrons. The number of aliphatic hydroxyl groups is 1. The van der Waals surface area contributed by atoms with E-state index in [-0.39, 0.29) is 6.10 Å². The quantitative estimate of drug-likeness (QED) is 0.567. The Balaban J connectivity index is 2.25. The SMILES string of the molecule is CC1(C)C2CCCC1C(O)C2. The molecule has 1 N–H and O–H groups in total. The van der Waals surface area contributed by atoms with Crippen molar-refractivity contribution in [3.8, 4) is 0 Å². The van der Waals surface area contributed by atoms with Crippen molar-refractivity contribution in [3.63, 3.8) is 0 Å². The summed E-state index contributed by atoms with van der Waals surface area (Å²) in [5.74, 6) is 1.40. The first-order valence-corrected chi connectivity index (χ1v) is 4.80. The second kappa shape index (κ2) is 2.22. The second-order valence-electron chi connectivity index (χ2n) is 4.86. The molecule has 2 fully saturated rings. The van der Waals surface area contributed by atoms with E-state index >= 15 is 0 Å². The molecule has 1 nitrogen and oxygen atoms in total. The first-order chi connectivity index (χ1) is 5.12. The molecule has 3 atom stereocenters. The van der Waals surface area contributed by atoms with Crippen molar-refractivity contribution in [1.29, 1.82) is 0 Å². The van der Waals surface area contributed by atoms with Crippen molar-refractivity contribution in [3.05, 3.63) is 0 Å². The highest BCUT2D eigenvalue weighted by Crippen LogP contribution is 2.54. The van der Waals surface area contributed by atoms with Gasteiger partial charge in [-0.15, -0.1) is 0 Å². The van der Waals surface area contributed by atoms with E-state index in [1.807, 2.05) is 0 Å². The predicted molar refractivity (Wildman–Crippen MR) is 45.2 cm³/mol.